The summed E-state index contributed by atoms with van der Waals surface area (Å²) in [6, 6.07) is 17.4. The van der Waals surface area contributed by atoms with E-state index >= 15 is 0 Å². The fourth-order valence-corrected chi connectivity index (χ4v) is 6.59. The zero-order valence-electron chi connectivity index (χ0n) is 17.5. The Morgan fingerprint density at radius 3 is 2.18 bits per heavy atom. The molecule has 4 rings (SSSR count). The van der Waals surface area contributed by atoms with Crippen LogP contribution in [-0.2, 0) is 31.4 Å². The summed E-state index contributed by atoms with van der Waals surface area (Å²) in [4.78, 5) is 13.3. The Kier molecular flexibility index (Phi) is 6.96. The van der Waals surface area contributed by atoms with Gasteiger partial charge in [0.1, 0.15) is 0 Å². The van der Waals surface area contributed by atoms with Crippen molar-refractivity contribution >= 4 is 43.0 Å². The van der Waals surface area contributed by atoms with Gasteiger partial charge in [0.05, 0.1) is 16.3 Å². The second kappa shape index (κ2) is 9.74. The molecule has 0 atom stereocenters. The van der Waals surface area contributed by atoms with E-state index in [2.05, 4.69) is 10.0 Å². The number of benzene rings is 2. The van der Waals surface area contributed by atoms with Crippen molar-refractivity contribution in [3.63, 3.8) is 0 Å². The third-order valence-electron chi connectivity index (χ3n) is 4.96. The first kappa shape index (κ1) is 23.6. The molecule has 1 aromatic heterocycles. The molecular formula is C22H23N3O5S3. The molecule has 0 saturated heterocycles. The van der Waals surface area contributed by atoms with Gasteiger partial charge in [-0.1, -0.05) is 24.3 Å². The van der Waals surface area contributed by atoms with Gasteiger partial charge in [0.2, 0.25) is 26.0 Å². The molecule has 0 bridgehead atoms. The molecule has 0 aliphatic heterocycles. The van der Waals surface area contributed by atoms with E-state index in [9.17, 15) is 21.6 Å². The standard InChI is InChI=1S/C22H23N3O5S3/c26-22(23-17-5-2-1-3-6-17)16-25(15-19-7-4-14-31-19)33(29,30)21-12-10-20(11-13-21)32(27,28)24-18-8-9-18/h1-7,10-14,18,24H,8-9,15-16H2,(H,23,26). The van der Waals surface area contributed by atoms with Crippen molar-refractivity contribution < 1.29 is 21.6 Å². The van der Waals surface area contributed by atoms with Gasteiger partial charge >= 0.3 is 0 Å². The second-order valence-electron chi connectivity index (χ2n) is 7.63. The number of rotatable bonds is 10. The van der Waals surface area contributed by atoms with Gasteiger partial charge in [0.15, 0.2) is 0 Å². The maximum Gasteiger partial charge on any atom is 0.243 e. The van der Waals surface area contributed by atoms with Gasteiger partial charge < -0.3 is 5.32 Å². The van der Waals surface area contributed by atoms with Crippen molar-refractivity contribution in [3.05, 3.63) is 77.0 Å². The van der Waals surface area contributed by atoms with E-state index in [1.54, 1.807) is 36.4 Å². The summed E-state index contributed by atoms with van der Waals surface area (Å²) in [5, 5.41) is 4.53. The maximum absolute atomic E-state index is 13.4. The summed E-state index contributed by atoms with van der Waals surface area (Å²) in [5.41, 5.74) is 0.564. The first-order valence-electron chi connectivity index (χ1n) is 10.2. The number of nitrogens with zero attached hydrogens (tertiary/aromatic N) is 1. The Morgan fingerprint density at radius 2 is 1.58 bits per heavy atom. The van der Waals surface area contributed by atoms with E-state index in [1.807, 2.05) is 11.4 Å². The van der Waals surface area contributed by atoms with Crippen molar-refractivity contribution in [1.82, 2.24) is 9.03 Å². The average Bonchev–Trinajstić information content (AvgIpc) is 3.44. The molecule has 174 valence electrons. The summed E-state index contributed by atoms with van der Waals surface area (Å²) in [7, 11) is -7.77. The van der Waals surface area contributed by atoms with E-state index in [4.69, 9.17) is 0 Å². The van der Waals surface area contributed by atoms with E-state index in [0.29, 0.717) is 5.69 Å². The summed E-state index contributed by atoms with van der Waals surface area (Å²) in [6.45, 7) is -0.371. The van der Waals surface area contributed by atoms with Crippen molar-refractivity contribution in [2.75, 3.05) is 11.9 Å². The van der Waals surface area contributed by atoms with Crippen molar-refractivity contribution in [2.24, 2.45) is 0 Å². The van der Waals surface area contributed by atoms with Gasteiger partial charge in [0, 0.05) is 23.2 Å². The van der Waals surface area contributed by atoms with Gasteiger partial charge in [-0.15, -0.1) is 11.3 Å². The number of hydrogen-bond donors (Lipinski definition) is 2. The smallest absolute Gasteiger partial charge is 0.243 e. The number of anilines is 1. The fraction of sp³-hybridized carbons (Fsp3) is 0.227. The highest BCUT2D eigenvalue weighted by Crippen LogP contribution is 2.25. The van der Waals surface area contributed by atoms with Crippen LogP contribution in [-0.4, -0.2) is 39.6 Å². The molecule has 11 heteroatoms. The molecule has 8 nitrogen and oxygen atoms in total. The predicted octanol–water partition coefficient (Wildman–Crippen LogP) is 3.02. The highest BCUT2D eigenvalue weighted by Gasteiger charge is 2.30. The van der Waals surface area contributed by atoms with E-state index in [-0.39, 0.29) is 22.4 Å². The predicted molar refractivity (Wildman–Crippen MR) is 127 cm³/mol. The van der Waals surface area contributed by atoms with Gasteiger partial charge in [-0.05, 0) is 60.7 Å². The lowest BCUT2D eigenvalue weighted by Gasteiger charge is -2.21. The quantitative estimate of drug-likeness (QED) is 0.440. The van der Waals surface area contributed by atoms with E-state index < -0.39 is 32.5 Å². The largest absolute Gasteiger partial charge is 0.325 e. The van der Waals surface area contributed by atoms with Crippen LogP contribution in [0.3, 0.4) is 0 Å². The van der Waals surface area contributed by atoms with Crippen molar-refractivity contribution in [2.45, 2.75) is 35.2 Å². The van der Waals surface area contributed by atoms with Crippen LogP contribution in [0, 0.1) is 0 Å². The summed E-state index contributed by atoms with van der Waals surface area (Å²) in [6.07, 6.45) is 1.60. The topological polar surface area (TPSA) is 113 Å². The number of nitrogens with one attached hydrogen (secondary N) is 2. The van der Waals surface area contributed by atoms with Crippen LogP contribution in [0.4, 0.5) is 5.69 Å². The Hall–Kier alpha value is -2.57. The highest BCUT2D eigenvalue weighted by atomic mass is 32.2. The summed E-state index contributed by atoms with van der Waals surface area (Å²) >= 11 is 1.39. The number of carbonyl (C=O) groups excluding carboxylic acids is 1. The molecule has 2 aromatic carbocycles. The lowest BCUT2D eigenvalue weighted by atomic mass is 10.3. The maximum atomic E-state index is 13.4. The van der Waals surface area contributed by atoms with Crippen LogP contribution in [0.1, 0.15) is 17.7 Å². The summed E-state index contributed by atoms with van der Waals surface area (Å²) < 4.78 is 55.2. The SMILES string of the molecule is O=C(CN(Cc1cccs1)S(=O)(=O)c1ccc(S(=O)(=O)NC2CC2)cc1)Nc1ccccc1. The highest BCUT2D eigenvalue weighted by molar-refractivity contribution is 7.89. The molecule has 0 spiro atoms. The van der Waals surface area contributed by atoms with Crippen LogP contribution >= 0.6 is 11.3 Å². The van der Waals surface area contributed by atoms with Gasteiger partial charge in [-0.25, -0.2) is 21.6 Å². The number of para-hydroxylation sites is 1. The molecule has 1 saturated carbocycles. The molecule has 1 fully saturated rings. The van der Waals surface area contributed by atoms with Gasteiger partial charge in [-0.2, -0.15) is 4.31 Å². The monoisotopic (exact) mass is 505 g/mol. The van der Waals surface area contributed by atoms with Crippen LogP contribution in [0.2, 0.25) is 0 Å². The zero-order valence-corrected chi connectivity index (χ0v) is 20.0. The molecule has 3 aromatic rings. The fourth-order valence-electron chi connectivity index (χ4n) is 3.11. The first-order chi connectivity index (χ1) is 15.7. The van der Waals surface area contributed by atoms with Gasteiger partial charge in [-0.3, -0.25) is 4.79 Å². The Balaban J connectivity index is 1.56. The lowest BCUT2D eigenvalue weighted by Crippen LogP contribution is -2.37. The molecule has 0 radical (unpaired) electrons. The molecule has 1 aliphatic carbocycles. The van der Waals surface area contributed by atoms with E-state index in [1.165, 1.54) is 35.6 Å². The molecule has 1 amide bonds. The number of amides is 1. The first-order valence-corrected chi connectivity index (χ1v) is 14.0. The lowest BCUT2D eigenvalue weighted by molar-refractivity contribution is -0.116. The third-order valence-corrected chi connectivity index (χ3v) is 9.16. The zero-order chi connectivity index (χ0) is 23.5. The van der Waals surface area contributed by atoms with Crippen LogP contribution < -0.4 is 10.0 Å². The van der Waals surface area contributed by atoms with Crippen LogP contribution in [0.15, 0.2) is 81.9 Å². The Morgan fingerprint density at radius 1 is 0.909 bits per heavy atom. The number of sulfonamides is 2. The average molecular weight is 506 g/mol. The number of carbonyl (C=O) groups is 1. The Labute approximate surface area is 197 Å². The third kappa shape index (κ3) is 6.06. The van der Waals surface area contributed by atoms with Crippen molar-refractivity contribution in [3.8, 4) is 0 Å². The molecular weight excluding hydrogens is 482 g/mol. The van der Waals surface area contributed by atoms with Gasteiger partial charge in [0.25, 0.3) is 0 Å². The minimum atomic E-state index is -4.07. The van der Waals surface area contributed by atoms with Crippen LogP contribution in [0.25, 0.3) is 0 Å². The summed E-state index contributed by atoms with van der Waals surface area (Å²) in [5.74, 6) is -0.478. The van der Waals surface area contributed by atoms with E-state index in [0.717, 1.165) is 22.0 Å². The molecule has 1 aliphatic rings. The number of hydrogen-bond acceptors (Lipinski definition) is 6. The molecule has 2 N–H and O–H groups in total. The van der Waals surface area contributed by atoms with Crippen molar-refractivity contribution in [1.29, 1.82) is 0 Å². The minimum absolute atomic E-state index is 0.0000209. The molecule has 1 heterocycles. The number of thiophene rings is 1. The molecule has 0 unspecified atom stereocenters. The Bertz CT molecular complexity index is 1300. The van der Waals surface area contributed by atoms with Crippen LogP contribution in [0.5, 0.6) is 0 Å². The minimum Gasteiger partial charge on any atom is -0.325 e. The molecule has 33 heavy (non-hydrogen) atoms. The second-order valence-corrected chi connectivity index (χ2v) is 12.3. The normalized spacial score (nSPS) is 14.3.